The van der Waals surface area contributed by atoms with Crippen molar-refractivity contribution in [1.82, 2.24) is 19.9 Å². The molecule has 0 unspecified atom stereocenters. The number of hydrogen-bond donors (Lipinski definition) is 0. The summed E-state index contributed by atoms with van der Waals surface area (Å²) in [5, 5.41) is 1.88. The summed E-state index contributed by atoms with van der Waals surface area (Å²) in [6.07, 6.45) is 7.33. The maximum absolute atomic E-state index is 14.3. The van der Waals surface area contributed by atoms with E-state index in [1.165, 1.54) is 12.3 Å². The molecule has 204 valence electrons. The van der Waals surface area contributed by atoms with Crippen LogP contribution in [0.15, 0.2) is 67.3 Å². The Labute approximate surface area is 231 Å². The van der Waals surface area contributed by atoms with Crippen LogP contribution in [0.4, 0.5) is 14.9 Å². The predicted molar refractivity (Wildman–Crippen MR) is 149 cm³/mol. The summed E-state index contributed by atoms with van der Waals surface area (Å²) in [4.78, 5) is 43.4. The van der Waals surface area contributed by atoms with Crippen molar-refractivity contribution in [2.24, 2.45) is 0 Å². The Morgan fingerprint density at radius 1 is 1.02 bits per heavy atom. The second-order valence-corrected chi connectivity index (χ2v) is 11.4. The van der Waals surface area contributed by atoms with Gasteiger partial charge < -0.3 is 14.5 Å². The monoisotopic (exact) mass is 539 g/mol. The number of piperidine rings is 1. The Kier molecular flexibility index (Phi) is 6.24. The van der Waals surface area contributed by atoms with E-state index in [-0.39, 0.29) is 18.5 Å². The summed E-state index contributed by atoms with van der Waals surface area (Å²) in [7, 11) is 0. The van der Waals surface area contributed by atoms with E-state index in [1.807, 2.05) is 51.1 Å². The standard InChI is InChI=1S/C31H30FN5O3/c1-30(2,3)40-29(39)36-14-11-31(12-15-36)23-10-13-33-18-25(23)37(28(31)38)19-24-27(21-8-9-26(32)35-17-21)22-7-5-4-6-20(22)16-34-24/h4-10,13,16-18H,11-12,14-15,19H2,1-3H3. The van der Waals surface area contributed by atoms with Crippen molar-refractivity contribution in [3.05, 3.63) is 84.5 Å². The van der Waals surface area contributed by atoms with Gasteiger partial charge in [-0.25, -0.2) is 9.78 Å². The van der Waals surface area contributed by atoms with E-state index in [0.717, 1.165) is 33.2 Å². The molecule has 9 heteroatoms. The highest BCUT2D eigenvalue weighted by atomic mass is 19.1. The third-order valence-corrected chi connectivity index (χ3v) is 7.73. The zero-order valence-electron chi connectivity index (χ0n) is 22.7. The maximum Gasteiger partial charge on any atom is 0.410 e. The van der Waals surface area contributed by atoms with Gasteiger partial charge in [0.05, 0.1) is 29.5 Å². The van der Waals surface area contributed by atoms with Gasteiger partial charge >= 0.3 is 6.09 Å². The molecule has 3 aromatic heterocycles. The highest BCUT2D eigenvalue weighted by Gasteiger charge is 2.53. The first-order valence-corrected chi connectivity index (χ1v) is 13.4. The lowest BCUT2D eigenvalue weighted by Gasteiger charge is -2.38. The van der Waals surface area contributed by atoms with Crippen molar-refractivity contribution in [3.63, 3.8) is 0 Å². The molecule has 1 fully saturated rings. The second kappa shape index (κ2) is 9.66. The molecule has 1 saturated heterocycles. The van der Waals surface area contributed by atoms with Crippen LogP contribution in [-0.4, -0.2) is 50.5 Å². The summed E-state index contributed by atoms with van der Waals surface area (Å²) in [6, 6.07) is 12.8. The van der Waals surface area contributed by atoms with E-state index < -0.39 is 17.0 Å². The average molecular weight is 540 g/mol. The lowest BCUT2D eigenvalue weighted by molar-refractivity contribution is -0.125. The summed E-state index contributed by atoms with van der Waals surface area (Å²) >= 11 is 0. The SMILES string of the molecule is CC(C)(C)OC(=O)N1CCC2(CC1)C(=O)N(Cc1ncc3ccccc3c1-c1ccc(F)nc1)c1cnccc12. The molecule has 0 atom stereocenters. The van der Waals surface area contributed by atoms with Gasteiger partial charge in [-0.1, -0.05) is 24.3 Å². The second-order valence-electron chi connectivity index (χ2n) is 11.4. The van der Waals surface area contributed by atoms with Gasteiger partial charge in [0, 0.05) is 48.2 Å². The molecule has 0 bridgehead atoms. The molecule has 0 saturated carbocycles. The molecule has 2 aliphatic rings. The van der Waals surface area contributed by atoms with Gasteiger partial charge in [-0.2, -0.15) is 4.39 Å². The van der Waals surface area contributed by atoms with Crippen LogP contribution in [0, 0.1) is 5.95 Å². The third kappa shape index (κ3) is 4.45. The Bertz CT molecular complexity index is 1610. The van der Waals surface area contributed by atoms with E-state index in [1.54, 1.807) is 34.5 Å². The normalized spacial score (nSPS) is 16.4. The molecule has 8 nitrogen and oxygen atoms in total. The van der Waals surface area contributed by atoms with Gasteiger partial charge in [0.25, 0.3) is 0 Å². The number of nitrogens with zero attached hydrogens (tertiary/aromatic N) is 5. The van der Waals surface area contributed by atoms with E-state index in [4.69, 9.17) is 9.72 Å². The Morgan fingerprint density at radius 3 is 2.52 bits per heavy atom. The number of ether oxygens (including phenoxy) is 1. The lowest BCUT2D eigenvalue weighted by atomic mass is 9.74. The van der Waals surface area contributed by atoms with Crippen LogP contribution in [0.25, 0.3) is 21.9 Å². The fourth-order valence-electron chi connectivity index (χ4n) is 5.85. The highest BCUT2D eigenvalue weighted by Crippen LogP contribution is 2.48. The lowest BCUT2D eigenvalue weighted by Crippen LogP contribution is -2.50. The zero-order chi connectivity index (χ0) is 28.1. The van der Waals surface area contributed by atoms with Gasteiger partial charge in [-0.05, 0) is 62.8 Å². The minimum Gasteiger partial charge on any atom is -0.444 e. The molecule has 1 aromatic carbocycles. The molecule has 0 aliphatic carbocycles. The first-order valence-electron chi connectivity index (χ1n) is 13.4. The number of amides is 2. The van der Waals surface area contributed by atoms with Crippen LogP contribution < -0.4 is 4.90 Å². The number of likely N-dealkylation sites (tertiary alicyclic amines) is 1. The molecule has 4 aromatic rings. The Hall–Kier alpha value is -4.40. The molecule has 0 N–H and O–H groups in total. The van der Waals surface area contributed by atoms with Crippen molar-refractivity contribution in [2.75, 3.05) is 18.0 Å². The summed E-state index contributed by atoms with van der Waals surface area (Å²) in [6.45, 7) is 6.57. The number of pyridine rings is 3. The van der Waals surface area contributed by atoms with Gasteiger partial charge in [0.2, 0.25) is 11.9 Å². The first kappa shape index (κ1) is 25.9. The van der Waals surface area contributed by atoms with Crippen LogP contribution >= 0.6 is 0 Å². The molecule has 1 spiro atoms. The average Bonchev–Trinajstić information content (AvgIpc) is 3.16. The number of carbonyl (C=O) groups excluding carboxylic acids is 2. The molecule has 2 amide bonds. The van der Waals surface area contributed by atoms with Crippen LogP contribution in [0.2, 0.25) is 0 Å². The maximum atomic E-state index is 14.3. The Balaban J connectivity index is 1.36. The van der Waals surface area contributed by atoms with E-state index >= 15 is 0 Å². The topological polar surface area (TPSA) is 88.5 Å². The number of rotatable bonds is 3. The minimum atomic E-state index is -0.759. The number of halogens is 1. The van der Waals surface area contributed by atoms with E-state index in [2.05, 4.69) is 9.97 Å². The summed E-state index contributed by atoms with van der Waals surface area (Å²) in [5.41, 5.74) is 2.53. The van der Waals surface area contributed by atoms with Crippen LogP contribution in [0.1, 0.15) is 44.9 Å². The summed E-state index contributed by atoms with van der Waals surface area (Å²) in [5.74, 6) is -0.592. The number of aromatic nitrogens is 3. The number of hydrogen-bond acceptors (Lipinski definition) is 6. The molecular formula is C31H30FN5O3. The van der Waals surface area contributed by atoms with Crippen LogP contribution in [0.5, 0.6) is 0 Å². The molecule has 2 aliphatic heterocycles. The summed E-state index contributed by atoms with van der Waals surface area (Å²) < 4.78 is 19.3. The molecule has 40 heavy (non-hydrogen) atoms. The molecule has 6 rings (SSSR count). The number of fused-ring (bicyclic) bond motifs is 3. The smallest absolute Gasteiger partial charge is 0.410 e. The van der Waals surface area contributed by atoms with Gasteiger partial charge in [-0.3, -0.25) is 14.8 Å². The van der Waals surface area contributed by atoms with Crippen LogP contribution in [0.3, 0.4) is 0 Å². The quantitative estimate of drug-likeness (QED) is 0.313. The van der Waals surface area contributed by atoms with Gasteiger partial charge in [-0.15, -0.1) is 0 Å². The largest absolute Gasteiger partial charge is 0.444 e. The van der Waals surface area contributed by atoms with Crippen molar-refractivity contribution in [3.8, 4) is 11.1 Å². The molecule has 0 radical (unpaired) electrons. The fraction of sp³-hybridized carbons (Fsp3) is 0.323. The number of anilines is 1. The van der Waals surface area contributed by atoms with Crippen LogP contribution in [-0.2, 0) is 21.5 Å². The molecular weight excluding hydrogens is 509 g/mol. The molecule has 5 heterocycles. The van der Waals surface area contributed by atoms with E-state index in [0.29, 0.717) is 31.6 Å². The van der Waals surface area contributed by atoms with Crippen molar-refractivity contribution < 1.29 is 18.7 Å². The van der Waals surface area contributed by atoms with Gasteiger partial charge in [0.15, 0.2) is 0 Å². The van der Waals surface area contributed by atoms with Crippen molar-refractivity contribution in [1.29, 1.82) is 0 Å². The fourth-order valence-corrected chi connectivity index (χ4v) is 5.85. The number of benzene rings is 1. The number of carbonyl (C=O) groups is 2. The minimum absolute atomic E-state index is 0.0301. The third-order valence-electron chi connectivity index (χ3n) is 7.73. The van der Waals surface area contributed by atoms with Gasteiger partial charge in [0.1, 0.15) is 5.60 Å². The predicted octanol–water partition coefficient (Wildman–Crippen LogP) is 5.65. The van der Waals surface area contributed by atoms with Crippen molar-refractivity contribution in [2.45, 2.75) is 51.2 Å². The van der Waals surface area contributed by atoms with E-state index in [9.17, 15) is 14.0 Å². The first-order chi connectivity index (χ1) is 19.2. The highest BCUT2D eigenvalue weighted by molar-refractivity contribution is 6.08. The zero-order valence-corrected chi connectivity index (χ0v) is 22.7. The van der Waals surface area contributed by atoms with Crippen molar-refractivity contribution >= 4 is 28.5 Å². The Morgan fingerprint density at radius 2 is 1.80 bits per heavy atom.